The number of hydrogen-bond acceptors (Lipinski definition) is 3. The first-order valence-corrected chi connectivity index (χ1v) is 9.05. The zero-order chi connectivity index (χ0) is 18.8. The third-order valence-electron chi connectivity index (χ3n) is 5.13. The van der Waals surface area contributed by atoms with Crippen LogP contribution in [0, 0.1) is 0 Å². The summed E-state index contributed by atoms with van der Waals surface area (Å²) >= 11 is 0. The van der Waals surface area contributed by atoms with E-state index in [-0.39, 0.29) is 12.1 Å². The maximum atomic E-state index is 12.5. The van der Waals surface area contributed by atoms with Crippen molar-refractivity contribution in [2.75, 3.05) is 23.3 Å². The van der Waals surface area contributed by atoms with Gasteiger partial charge in [-0.2, -0.15) is 0 Å². The highest BCUT2D eigenvalue weighted by Gasteiger charge is 2.25. The molecule has 1 saturated heterocycles. The van der Waals surface area contributed by atoms with Gasteiger partial charge in [0.25, 0.3) is 0 Å². The average molecular weight is 366 g/mol. The Kier molecular flexibility index (Phi) is 4.58. The number of carbonyl (C=O) groups is 2. The molecule has 1 atom stereocenters. The number of carbonyl (C=O) groups excluding carboxylic acids is 1. The lowest BCUT2D eigenvalue weighted by atomic mass is 10.1. The number of rotatable bonds is 3. The largest absolute Gasteiger partial charge is 0.465 e. The molecule has 3 amide bonds. The summed E-state index contributed by atoms with van der Waals surface area (Å²) in [6.45, 7) is 2.73. The van der Waals surface area contributed by atoms with Gasteiger partial charge in [0.1, 0.15) is 0 Å². The van der Waals surface area contributed by atoms with E-state index in [4.69, 9.17) is 5.11 Å². The van der Waals surface area contributed by atoms with Crippen molar-refractivity contribution in [2.45, 2.75) is 25.6 Å². The highest BCUT2D eigenvalue weighted by molar-refractivity contribution is 5.90. The van der Waals surface area contributed by atoms with Gasteiger partial charge in [0.05, 0.1) is 6.04 Å². The predicted molar refractivity (Wildman–Crippen MR) is 103 cm³/mol. The van der Waals surface area contributed by atoms with E-state index >= 15 is 0 Å². The Labute approximate surface area is 157 Å². The maximum Gasteiger partial charge on any atom is 0.404 e. The van der Waals surface area contributed by atoms with Gasteiger partial charge in [0.15, 0.2) is 0 Å². The Morgan fingerprint density at radius 1 is 1.00 bits per heavy atom. The minimum Gasteiger partial charge on any atom is -0.465 e. The van der Waals surface area contributed by atoms with Gasteiger partial charge < -0.3 is 25.5 Å². The number of urea groups is 1. The molecule has 2 aliphatic rings. The van der Waals surface area contributed by atoms with Gasteiger partial charge in [-0.15, -0.1) is 0 Å². The SMILES string of the molecule is O=C(O)NC1CCN(c2ccc(NC(=O)N3Cc4ccccc4C3)cc2)C1. The molecule has 140 valence electrons. The second-order valence-corrected chi connectivity index (χ2v) is 6.98. The van der Waals surface area contributed by atoms with Crippen LogP contribution in [0.4, 0.5) is 21.0 Å². The predicted octanol–water partition coefficient (Wildman–Crippen LogP) is 3.08. The molecule has 0 aliphatic carbocycles. The number of nitrogens with one attached hydrogen (secondary N) is 2. The third kappa shape index (κ3) is 3.81. The first-order valence-electron chi connectivity index (χ1n) is 9.05. The topological polar surface area (TPSA) is 84.9 Å². The number of benzene rings is 2. The van der Waals surface area contributed by atoms with E-state index in [2.05, 4.69) is 27.7 Å². The van der Waals surface area contributed by atoms with Crippen LogP contribution in [-0.4, -0.2) is 41.3 Å². The van der Waals surface area contributed by atoms with Crippen LogP contribution in [0.3, 0.4) is 0 Å². The summed E-state index contributed by atoms with van der Waals surface area (Å²) < 4.78 is 0. The zero-order valence-electron chi connectivity index (χ0n) is 14.9. The van der Waals surface area contributed by atoms with Gasteiger partial charge >= 0.3 is 12.1 Å². The van der Waals surface area contributed by atoms with E-state index in [9.17, 15) is 9.59 Å². The standard InChI is InChI=1S/C20H22N4O3/c25-19(24-11-14-3-1-2-4-15(14)12-24)21-16-5-7-18(8-6-16)23-10-9-17(13-23)22-20(26)27/h1-8,17,22H,9-13H2,(H,21,25)(H,26,27). The molecule has 0 spiro atoms. The fourth-order valence-corrected chi connectivity index (χ4v) is 3.72. The molecule has 0 radical (unpaired) electrons. The monoisotopic (exact) mass is 366 g/mol. The highest BCUT2D eigenvalue weighted by Crippen LogP contribution is 2.25. The highest BCUT2D eigenvalue weighted by atomic mass is 16.4. The average Bonchev–Trinajstić information content (AvgIpc) is 3.28. The summed E-state index contributed by atoms with van der Waals surface area (Å²) in [7, 11) is 0. The van der Waals surface area contributed by atoms with Crippen molar-refractivity contribution in [3.63, 3.8) is 0 Å². The summed E-state index contributed by atoms with van der Waals surface area (Å²) in [6, 6.07) is 15.6. The molecule has 2 aromatic carbocycles. The van der Waals surface area contributed by atoms with E-state index in [0.29, 0.717) is 19.6 Å². The smallest absolute Gasteiger partial charge is 0.404 e. The van der Waals surface area contributed by atoms with Gasteiger partial charge in [0, 0.05) is 37.6 Å². The van der Waals surface area contributed by atoms with Gasteiger partial charge in [0.2, 0.25) is 0 Å². The van der Waals surface area contributed by atoms with E-state index in [1.165, 1.54) is 11.1 Å². The fourth-order valence-electron chi connectivity index (χ4n) is 3.72. The number of fused-ring (bicyclic) bond motifs is 1. The molecule has 1 unspecified atom stereocenters. The van der Waals surface area contributed by atoms with Crippen molar-refractivity contribution >= 4 is 23.5 Å². The molecule has 0 aromatic heterocycles. The number of nitrogens with zero attached hydrogens (tertiary/aromatic N) is 2. The van der Waals surface area contributed by atoms with Crippen LogP contribution in [0.5, 0.6) is 0 Å². The molecule has 2 heterocycles. The number of anilines is 2. The maximum absolute atomic E-state index is 12.5. The normalized spacial score (nSPS) is 18.3. The molecule has 2 aliphatic heterocycles. The Bertz CT molecular complexity index is 828. The molecule has 27 heavy (non-hydrogen) atoms. The van der Waals surface area contributed by atoms with Crippen molar-refractivity contribution in [3.05, 3.63) is 59.7 Å². The van der Waals surface area contributed by atoms with Crippen LogP contribution in [-0.2, 0) is 13.1 Å². The van der Waals surface area contributed by atoms with Crippen molar-refractivity contribution in [3.8, 4) is 0 Å². The Morgan fingerprint density at radius 2 is 1.67 bits per heavy atom. The van der Waals surface area contributed by atoms with Gasteiger partial charge in [-0.05, 0) is 41.8 Å². The molecule has 2 aromatic rings. The minimum atomic E-state index is -0.982. The summed E-state index contributed by atoms with van der Waals surface area (Å²) in [5.74, 6) is 0. The van der Waals surface area contributed by atoms with Crippen molar-refractivity contribution in [2.24, 2.45) is 0 Å². The van der Waals surface area contributed by atoms with Crippen LogP contribution < -0.4 is 15.5 Å². The Hall–Kier alpha value is -3.22. The molecule has 3 N–H and O–H groups in total. The zero-order valence-corrected chi connectivity index (χ0v) is 14.9. The summed E-state index contributed by atoms with van der Waals surface area (Å²) in [6.07, 6.45) is -0.190. The molecule has 7 heteroatoms. The molecule has 0 saturated carbocycles. The number of amides is 3. The molecule has 7 nitrogen and oxygen atoms in total. The molecular weight excluding hydrogens is 344 g/mol. The van der Waals surface area contributed by atoms with Gasteiger partial charge in [-0.1, -0.05) is 24.3 Å². The van der Waals surface area contributed by atoms with Crippen LogP contribution >= 0.6 is 0 Å². The van der Waals surface area contributed by atoms with Gasteiger partial charge in [-0.3, -0.25) is 0 Å². The fraction of sp³-hybridized carbons (Fsp3) is 0.300. The second kappa shape index (κ2) is 7.19. The van der Waals surface area contributed by atoms with Gasteiger partial charge in [-0.25, -0.2) is 9.59 Å². The quantitative estimate of drug-likeness (QED) is 0.779. The Morgan fingerprint density at radius 3 is 2.30 bits per heavy atom. The van der Waals surface area contributed by atoms with Crippen molar-refractivity contribution in [1.82, 2.24) is 10.2 Å². The van der Waals surface area contributed by atoms with E-state index in [0.717, 1.165) is 24.3 Å². The molecular formula is C20H22N4O3. The van der Waals surface area contributed by atoms with E-state index < -0.39 is 6.09 Å². The molecule has 0 bridgehead atoms. The van der Waals surface area contributed by atoms with Crippen LogP contribution in [0.2, 0.25) is 0 Å². The number of hydrogen-bond donors (Lipinski definition) is 3. The molecule has 4 rings (SSSR count). The lowest BCUT2D eigenvalue weighted by Crippen LogP contribution is -2.36. The summed E-state index contributed by atoms with van der Waals surface area (Å²) in [5, 5.41) is 14.3. The molecule has 1 fully saturated rings. The van der Waals surface area contributed by atoms with E-state index in [1.54, 1.807) is 4.90 Å². The lowest BCUT2D eigenvalue weighted by Gasteiger charge is -2.20. The van der Waals surface area contributed by atoms with Crippen LogP contribution in [0.25, 0.3) is 0 Å². The Balaban J connectivity index is 1.33. The minimum absolute atomic E-state index is 0.0429. The second-order valence-electron chi connectivity index (χ2n) is 6.98. The van der Waals surface area contributed by atoms with E-state index in [1.807, 2.05) is 36.4 Å². The first-order chi connectivity index (χ1) is 13.1. The lowest BCUT2D eigenvalue weighted by molar-refractivity contribution is 0.191. The number of carboxylic acid groups (broad SMARTS) is 1. The van der Waals surface area contributed by atoms with Crippen LogP contribution in [0.1, 0.15) is 17.5 Å². The first kappa shape index (κ1) is 17.2. The third-order valence-corrected chi connectivity index (χ3v) is 5.13. The van der Waals surface area contributed by atoms with Crippen molar-refractivity contribution < 1.29 is 14.7 Å². The van der Waals surface area contributed by atoms with Crippen molar-refractivity contribution in [1.29, 1.82) is 0 Å². The summed E-state index contributed by atoms with van der Waals surface area (Å²) in [4.78, 5) is 27.2. The summed E-state index contributed by atoms with van der Waals surface area (Å²) in [5.41, 5.74) is 4.17. The van der Waals surface area contributed by atoms with Crippen LogP contribution in [0.15, 0.2) is 48.5 Å².